The Kier molecular flexibility index (Phi) is 9.07. The fourth-order valence-corrected chi connectivity index (χ4v) is 9.27. The van der Waals surface area contributed by atoms with E-state index in [9.17, 15) is 0 Å². The second-order valence-electron chi connectivity index (χ2n) is 14.3. The number of aromatic nitrogens is 1. The summed E-state index contributed by atoms with van der Waals surface area (Å²) >= 11 is 1.88. The summed E-state index contributed by atoms with van der Waals surface area (Å²) < 4.78 is 4.98. The van der Waals surface area contributed by atoms with Crippen molar-refractivity contribution in [2.24, 2.45) is 9.98 Å². The van der Waals surface area contributed by atoms with E-state index >= 15 is 0 Å². The van der Waals surface area contributed by atoms with E-state index in [1.54, 1.807) is 0 Å². The minimum absolute atomic E-state index is 0.376. The van der Waals surface area contributed by atoms with Crippen molar-refractivity contribution < 1.29 is 0 Å². The predicted octanol–water partition coefficient (Wildman–Crippen LogP) is 13.6. The third-order valence-corrected chi connectivity index (χ3v) is 12.1. The lowest BCUT2D eigenvalue weighted by Crippen LogP contribution is -2.24. The van der Waals surface area contributed by atoms with E-state index in [1.807, 2.05) is 47.7 Å². The van der Waals surface area contributed by atoms with Crippen LogP contribution in [-0.2, 0) is 6.67 Å². The number of nitrogens with zero attached hydrogens (tertiary/aromatic N) is 3. The average molecular weight is 751 g/mol. The molecule has 0 bridgehead atoms. The number of thiophene rings is 1. The monoisotopic (exact) mass is 750 g/mol. The second kappa shape index (κ2) is 15.0. The van der Waals surface area contributed by atoms with E-state index < -0.39 is 0 Å². The van der Waals surface area contributed by atoms with Crippen LogP contribution in [0.15, 0.2) is 204 Å². The molecule has 1 N–H and O–H groups in total. The fraction of sp³-hybridized carbons (Fsp3) is 0.0385. The highest BCUT2D eigenvalue weighted by atomic mass is 32.1. The van der Waals surface area contributed by atoms with Gasteiger partial charge in [0, 0.05) is 36.5 Å². The highest BCUT2D eigenvalue weighted by Gasteiger charge is 2.18. The molecule has 0 aliphatic carbocycles. The Balaban J connectivity index is 1.03. The van der Waals surface area contributed by atoms with Crippen molar-refractivity contribution >= 4 is 65.9 Å². The molecule has 0 saturated heterocycles. The van der Waals surface area contributed by atoms with Crippen molar-refractivity contribution in [3.8, 4) is 33.4 Å². The van der Waals surface area contributed by atoms with Gasteiger partial charge in [-0.25, -0.2) is 9.98 Å². The lowest BCUT2D eigenvalue weighted by molar-refractivity contribution is 0.491. The van der Waals surface area contributed by atoms with Gasteiger partial charge >= 0.3 is 0 Å². The number of benzene rings is 8. The number of para-hydroxylation sites is 1. The van der Waals surface area contributed by atoms with E-state index in [-0.39, 0.29) is 6.17 Å². The molecule has 8 aromatic carbocycles. The molecule has 0 fully saturated rings. The van der Waals surface area contributed by atoms with Gasteiger partial charge in [0.2, 0.25) is 0 Å². The van der Waals surface area contributed by atoms with Gasteiger partial charge in [0.25, 0.3) is 0 Å². The zero-order valence-corrected chi connectivity index (χ0v) is 32.0. The summed E-state index contributed by atoms with van der Waals surface area (Å²) in [5.74, 6) is 0.596. The molecule has 0 saturated carbocycles. The van der Waals surface area contributed by atoms with Gasteiger partial charge in [-0.1, -0.05) is 164 Å². The van der Waals surface area contributed by atoms with Crippen molar-refractivity contribution in [1.29, 1.82) is 0 Å². The van der Waals surface area contributed by atoms with Gasteiger partial charge in [-0.05, 0) is 76.0 Å². The summed E-state index contributed by atoms with van der Waals surface area (Å²) in [6, 6.07) is 69.0. The molecule has 0 radical (unpaired) electrons. The molecule has 4 nitrogen and oxygen atoms in total. The summed E-state index contributed by atoms with van der Waals surface area (Å²) in [6.45, 7) is 4.43. The van der Waals surface area contributed by atoms with Crippen LogP contribution in [0.2, 0.25) is 0 Å². The maximum atomic E-state index is 5.18. The van der Waals surface area contributed by atoms with E-state index in [0.29, 0.717) is 12.5 Å². The summed E-state index contributed by atoms with van der Waals surface area (Å²) in [5, 5.41) is 8.85. The third kappa shape index (κ3) is 6.53. The zero-order valence-electron chi connectivity index (χ0n) is 31.2. The average Bonchev–Trinajstić information content (AvgIpc) is 3.82. The van der Waals surface area contributed by atoms with Gasteiger partial charge in [-0.3, -0.25) is 5.32 Å². The fourth-order valence-electron chi connectivity index (χ4n) is 8.05. The van der Waals surface area contributed by atoms with E-state index in [0.717, 1.165) is 27.7 Å². The molecule has 0 aliphatic rings. The Morgan fingerprint density at radius 1 is 0.526 bits per heavy atom. The standard InChI is InChI=1S/C52H38N4S/c1-53-51(38-18-9-4-10-19-38)55-52(39-26-24-37(25-27-39)35-14-5-2-6-15-35)54-34-56-47-23-12-11-20-43(47)45-33-41(28-30-48(45)56)42-21-13-22-44-46-32-40(36-16-7-3-8-17-36)29-31-49(46)57-50(42)44/h2-33,52,54H,1,34H2/b55-51-. The zero-order chi connectivity index (χ0) is 38.1. The molecule has 5 heteroatoms. The molecular formula is C52H38N4S. The Labute approximate surface area is 335 Å². The molecule has 2 aromatic heterocycles. The molecule has 1 atom stereocenters. The number of amidine groups is 1. The van der Waals surface area contributed by atoms with Crippen LogP contribution in [-0.4, -0.2) is 17.1 Å². The lowest BCUT2D eigenvalue weighted by atomic mass is 9.99. The van der Waals surface area contributed by atoms with Crippen LogP contribution < -0.4 is 5.32 Å². The molecule has 0 aliphatic heterocycles. The van der Waals surface area contributed by atoms with Crippen LogP contribution in [0.1, 0.15) is 17.3 Å². The Morgan fingerprint density at radius 2 is 1.12 bits per heavy atom. The third-order valence-electron chi connectivity index (χ3n) is 10.9. The maximum absolute atomic E-state index is 5.18. The summed E-state index contributed by atoms with van der Waals surface area (Å²) in [5.41, 5.74) is 11.6. The number of aliphatic imine (C=N–C) groups is 2. The molecule has 0 amide bonds. The summed E-state index contributed by atoms with van der Waals surface area (Å²) in [7, 11) is 0. The number of rotatable bonds is 9. The highest BCUT2D eigenvalue weighted by Crippen LogP contribution is 2.42. The summed E-state index contributed by atoms with van der Waals surface area (Å²) in [6.07, 6.45) is -0.376. The van der Waals surface area contributed by atoms with Gasteiger partial charge in [0.1, 0.15) is 6.17 Å². The van der Waals surface area contributed by atoms with Crippen LogP contribution in [0.25, 0.3) is 75.4 Å². The molecule has 2 heterocycles. The van der Waals surface area contributed by atoms with E-state index in [2.05, 4.69) is 179 Å². The van der Waals surface area contributed by atoms with Gasteiger partial charge in [-0.15, -0.1) is 11.3 Å². The maximum Gasteiger partial charge on any atom is 0.155 e. The van der Waals surface area contributed by atoms with Gasteiger partial charge in [-0.2, -0.15) is 0 Å². The van der Waals surface area contributed by atoms with Crippen LogP contribution in [0.3, 0.4) is 0 Å². The Morgan fingerprint density at radius 3 is 1.88 bits per heavy atom. The van der Waals surface area contributed by atoms with Crippen LogP contribution in [0, 0.1) is 0 Å². The largest absolute Gasteiger partial charge is 0.327 e. The van der Waals surface area contributed by atoms with Gasteiger partial charge in [0.15, 0.2) is 5.84 Å². The number of nitrogens with one attached hydrogen (secondary N) is 1. The first-order valence-corrected chi connectivity index (χ1v) is 20.0. The van der Waals surface area contributed by atoms with Crippen LogP contribution >= 0.6 is 11.3 Å². The van der Waals surface area contributed by atoms with Crippen molar-refractivity contribution in [3.63, 3.8) is 0 Å². The van der Waals surface area contributed by atoms with Crippen molar-refractivity contribution in [2.75, 3.05) is 0 Å². The number of hydrogen-bond acceptors (Lipinski definition) is 3. The number of fused-ring (bicyclic) bond motifs is 6. The van der Waals surface area contributed by atoms with E-state index in [4.69, 9.17) is 4.99 Å². The molecule has 10 aromatic rings. The second-order valence-corrected chi connectivity index (χ2v) is 15.3. The normalized spacial score (nSPS) is 12.5. The molecular weight excluding hydrogens is 713 g/mol. The van der Waals surface area contributed by atoms with Crippen LogP contribution in [0.4, 0.5) is 0 Å². The molecule has 272 valence electrons. The minimum Gasteiger partial charge on any atom is -0.327 e. The van der Waals surface area contributed by atoms with Crippen molar-refractivity contribution in [2.45, 2.75) is 12.8 Å². The Bertz CT molecular complexity index is 3070. The van der Waals surface area contributed by atoms with Crippen molar-refractivity contribution in [3.05, 3.63) is 205 Å². The smallest absolute Gasteiger partial charge is 0.155 e. The van der Waals surface area contributed by atoms with Crippen molar-refractivity contribution in [1.82, 2.24) is 9.88 Å². The quantitative estimate of drug-likeness (QED) is 0.116. The SMILES string of the molecule is C=N/C(=N\C(NCn1c2ccccc2c2cc(-c3cccc4c3sc3ccc(-c5ccccc5)cc34)ccc21)c1ccc(-c2ccccc2)cc1)c1ccccc1. The van der Waals surface area contributed by atoms with Crippen LogP contribution in [0.5, 0.6) is 0 Å². The molecule has 1 unspecified atom stereocenters. The first-order valence-electron chi connectivity index (χ1n) is 19.2. The topological polar surface area (TPSA) is 41.7 Å². The lowest BCUT2D eigenvalue weighted by Gasteiger charge is -2.19. The van der Waals surface area contributed by atoms with E-state index in [1.165, 1.54) is 58.8 Å². The highest BCUT2D eigenvalue weighted by molar-refractivity contribution is 7.26. The first-order chi connectivity index (χ1) is 28.2. The molecule has 57 heavy (non-hydrogen) atoms. The molecule has 10 rings (SSSR count). The molecule has 0 spiro atoms. The van der Waals surface area contributed by atoms with Gasteiger partial charge in [0.05, 0.1) is 17.7 Å². The Hall–Kier alpha value is -6.92. The van der Waals surface area contributed by atoms with Gasteiger partial charge < -0.3 is 4.57 Å². The minimum atomic E-state index is -0.376. The number of hydrogen-bond donors (Lipinski definition) is 1. The first kappa shape index (κ1) is 34.6. The predicted molar refractivity (Wildman–Crippen MR) is 243 cm³/mol. The summed E-state index contributed by atoms with van der Waals surface area (Å²) in [4.78, 5) is 9.56.